The molecule has 2 aromatic carbocycles. The number of rotatable bonds is 19. The molecule has 0 bridgehead atoms. The van der Waals surface area contributed by atoms with Crippen molar-refractivity contribution in [2.75, 3.05) is 31.6 Å². The molecule has 0 aliphatic carbocycles. The van der Waals surface area contributed by atoms with Gasteiger partial charge in [0.2, 0.25) is 29.2 Å². The Morgan fingerprint density at radius 3 is 2.48 bits per heavy atom. The van der Waals surface area contributed by atoms with Crippen LogP contribution >= 0.6 is 0 Å². The van der Waals surface area contributed by atoms with Crippen LogP contribution < -0.4 is 27.7 Å². The van der Waals surface area contributed by atoms with Crippen molar-refractivity contribution in [3.8, 4) is 11.4 Å². The number of amides is 4. The number of primary amides is 1. The van der Waals surface area contributed by atoms with Crippen LogP contribution in [-0.4, -0.2) is 88.6 Å². The third-order valence-corrected chi connectivity index (χ3v) is 11.6. The van der Waals surface area contributed by atoms with Crippen LogP contribution in [0, 0.1) is 6.92 Å². The highest BCUT2D eigenvalue weighted by Crippen LogP contribution is 2.42. The van der Waals surface area contributed by atoms with E-state index in [1.165, 1.54) is 0 Å². The van der Waals surface area contributed by atoms with Gasteiger partial charge < -0.3 is 50.5 Å². The van der Waals surface area contributed by atoms with Crippen LogP contribution in [0.25, 0.3) is 22.3 Å². The third kappa shape index (κ3) is 10.1. The van der Waals surface area contributed by atoms with Crippen molar-refractivity contribution in [1.29, 1.82) is 0 Å². The molecule has 4 heterocycles. The van der Waals surface area contributed by atoms with Crippen LogP contribution in [0.5, 0.6) is 0 Å². The molecule has 64 heavy (non-hydrogen) atoms. The Morgan fingerprint density at radius 1 is 1.03 bits per heavy atom. The highest BCUT2D eigenvalue weighted by molar-refractivity contribution is 5.97. The standard InChI is InChI=1S/C46H55N7O11/c1-6-46(64-45(60)63-22-29-14-15-30(19-27(29)4)49-42(57)37(13-9-10-17-47)50-40(56)25-61-24-39(48)55)35-20-38-41-33(21-53(38)43(58)34(35)23-62-44(46)59)31(16-18-52(26(2)3)28(5)54)32-11-7-8-12-36(32)51-41/h7-8,11-12,14-15,19-20,26,37H,6,9-10,13,16-18,21-25,47H2,1-5H3,(H2,48,55)(H,49,57)(H,50,56)/t37-,46-/m0/s1. The van der Waals surface area contributed by atoms with E-state index in [0.29, 0.717) is 72.5 Å². The first-order valence-electron chi connectivity index (χ1n) is 21.3. The molecule has 4 aromatic rings. The van der Waals surface area contributed by atoms with Gasteiger partial charge in [-0.3, -0.25) is 24.0 Å². The lowest BCUT2D eigenvalue weighted by Crippen LogP contribution is -2.47. The van der Waals surface area contributed by atoms with Gasteiger partial charge in [0.1, 0.15) is 32.5 Å². The van der Waals surface area contributed by atoms with Crippen molar-refractivity contribution in [3.05, 3.63) is 92.3 Å². The third-order valence-electron chi connectivity index (χ3n) is 11.6. The zero-order chi connectivity index (χ0) is 46.3. The zero-order valence-corrected chi connectivity index (χ0v) is 36.7. The van der Waals surface area contributed by atoms with Gasteiger partial charge in [-0.2, -0.15) is 0 Å². The summed E-state index contributed by atoms with van der Waals surface area (Å²) in [7, 11) is 0. The van der Waals surface area contributed by atoms with Crippen molar-refractivity contribution >= 4 is 52.3 Å². The lowest BCUT2D eigenvalue weighted by Gasteiger charge is -2.35. The molecule has 2 aliphatic heterocycles. The highest BCUT2D eigenvalue weighted by Gasteiger charge is 2.51. The number of ether oxygens (including phenoxy) is 4. The Labute approximate surface area is 369 Å². The van der Waals surface area contributed by atoms with Gasteiger partial charge in [-0.15, -0.1) is 0 Å². The minimum atomic E-state index is -2.01. The number of esters is 1. The largest absolute Gasteiger partial charge is 0.510 e. The fourth-order valence-corrected chi connectivity index (χ4v) is 8.28. The Balaban J connectivity index is 1.20. The number of aromatic nitrogens is 2. The summed E-state index contributed by atoms with van der Waals surface area (Å²) < 4.78 is 23.5. The maximum atomic E-state index is 14.3. The van der Waals surface area contributed by atoms with Crippen LogP contribution in [-0.2, 0) is 74.7 Å². The van der Waals surface area contributed by atoms with Gasteiger partial charge in [-0.25, -0.2) is 14.6 Å². The molecule has 4 amide bonds. The van der Waals surface area contributed by atoms with Gasteiger partial charge in [0.25, 0.3) is 5.56 Å². The van der Waals surface area contributed by atoms with Crippen LogP contribution in [0.3, 0.4) is 0 Å². The van der Waals surface area contributed by atoms with Gasteiger partial charge >= 0.3 is 12.1 Å². The van der Waals surface area contributed by atoms with Crippen LogP contribution in [0.4, 0.5) is 10.5 Å². The Morgan fingerprint density at radius 2 is 1.80 bits per heavy atom. The fourth-order valence-electron chi connectivity index (χ4n) is 8.28. The summed E-state index contributed by atoms with van der Waals surface area (Å²) in [4.78, 5) is 97.5. The number of carbonyl (C=O) groups excluding carboxylic acids is 6. The number of hydrogen-bond donors (Lipinski definition) is 4. The number of nitrogens with zero attached hydrogens (tertiary/aromatic N) is 3. The van der Waals surface area contributed by atoms with Crippen molar-refractivity contribution < 1.29 is 47.7 Å². The normalized spacial score (nSPS) is 15.4. The Bertz CT molecular complexity index is 2540. The van der Waals surface area contributed by atoms with Crippen LogP contribution in [0.15, 0.2) is 53.3 Å². The maximum Gasteiger partial charge on any atom is 0.510 e. The molecule has 340 valence electrons. The van der Waals surface area contributed by atoms with E-state index in [9.17, 15) is 33.6 Å². The fraction of sp³-hybridized carbons (Fsp3) is 0.435. The summed E-state index contributed by atoms with van der Waals surface area (Å²) in [6.45, 7) is 8.47. The van der Waals surface area contributed by atoms with Crippen molar-refractivity contribution in [3.63, 3.8) is 0 Å². The molecule has 0 spiro atoms. The molecular weight excluding hydrogens is 827 g/mol. The van der Waals surface area contributed by atoms with E-state index < -0.39 is 60.3 Å². The molecule has 0 saturated carbocycles. The second-order valence-electron chi connectivity index (χ2n) is 16.2. The highest BCUT2D eigenvalue weighted by atomic mass is 16.7. The van der Waals surface area contributed by atoms with Crippen LogP contribution in [0.2, 0.25) is 0 Å². The zero-order valence-electron chi connectivity index (χ0n) is 36.7. The summed E-state index contributed by atoms with van der Waals surface area (Å²) in [6.07, 6.45) is 0.773. The summed E-state index contributed by atoms with van der Waals surface area (Å²) in [5, 5.41) is 6.32. The monoisotopic (exact) mass is 881 g/mol. The van der Waals surface area contributed by atoms with Crippen molar-refractivity contribution in [1.82, 2.24) is 19.8 Å². The predicted octanol–water partition coefficient (Wildman–Crippen LogP) is 3.60. The molecule has 18 heteroatoms. The number of cyclic esters (lactones) is 1. The number of nitrogens with one attached hydrogen (secondary N) is 2. The first-order valence-corrected chi connectivity index (χ1v) is 21.3. The number of fused-ring (bicyclic) bond motifs is 5. The van der Waals surface area contributed by atoms with E-state index >= 15 is 0 Å². The van der Waals surface area contributed by atoms with Gasteiger partial charge in [0.05, 0.1) is 29.0 Å². The number of nitrogens with two attached hydrogens (primary N) is 2. The second-order valence-corrected chi connectivity index (χ2v) is 16.2. The molecule has 6 N–H and O–H groups in total. The molecule has 0 unspecified atom stereocenters. The number of carbonyl (C=O) groups is 6. The quantitative estimate of drug-likeness (QED) is 0.0684. The molecular formula is C46H55N7O11. The van der Waals surface area contributed by atoms with E-state index in [2.05, 4.69) is 10.6 Å². The second kappa shape index (κ2) is 20.2. The average Bonchev–Trinajstić information content (AvgIpc) is 3.62. The lowest BCUT2D eigenvalue weighted by atomic mass is 9.85. The maximum absolute atomic E-state index is 14.3. The summed E-state index contributed by atoms with van der Waals surface area (Å²) >= 11 is 0. The van der Waals surface area contributed by atoms with Gasteiger partial charge in [0, 0.05) is 41.7 Å². The van der Waals surface area contributed by atoms with E-state index in [1.807, 2.05) is 38.1 Å². The minimum Gasteiger partial charge on any atom is -0.457 e. The topological polar surface area (TPSA) is 254 Å². The molecule has 2 atom stereocenters. The SMILES string of the molecule is CC[C@@]1(OC(=O)OCc2ccc(NC(=O)[C@H](CCCCN)NC(=O)COCC(N)=O)cc2C)C(=O)OCc2c1cc1n(c2=O)Cc2c-1nc1ccccc1c2CCN(C(C)=O)C(C)C. The smallest absolute Gasteiger partial charge is 0.457 e. The molecule has 2 aromatic heterocycles. The van der Waals surface area contributed by atoms with Gasteiger partial charge in [-0.1, -0.05) is 31.2 Å². The van der Waals surface area contributed by atoms with Gasteiger partial charge in [0.15, 0.2) is 0 Å². The predicted molar refractivity (Wildman–Crippen MR) is 234 cm³/mol. The molecule has 6 rings (SSSR count). The molecule has 0 saturated heterocycles. The Kier molecular flexibility index (Phi) is 14.8. The van der Waals surface area contributed by atoms with Gasteiger partial charge in [-0.05, 0) is 100 Å². The lowest BCUT2D eigenvalue weighted by molar-refractivity contribution is -0.175. The van der Waals surface area contributed by atoms with E-state index in [4.69, 9.17) is 35.4 Å². The number of pyridine rings is 2. The molecule has 0 fully saturated rings. The first kappa shape index (κ1) is 46.8. The minimum absolute atomic E-state index is 0.00965. The van der Waals surface area contributed by atoms with E-state index in [-0.39, 0.29) is 49.3 Å². The number of aryl methyl sites for hydroxylation is 1. The Hall–Kier alpha value is -6.66. The molecule has 0 radical (unpaired) electrons. The number of para-hydroxylation sites is 1. The number of benzene rings is 2. The number of hydrogen-bond acceptors (Lipinski definition) is 13. The summed E-state index contributed by atoms with van der Waals surface area (Å²) in [5.74, 6) is -2.71. The summed E-state index contributed by atoms with van der Waals surface area (Å²) in [5.41, 5.74) is 13.8. The van der Waals surface area contributed by atoms with Crippen molar-refractivity contribution in [2.45, 2.75) is 104 Å². The molecule has 18 nitrogen and oxygen atoms in total. The summed E-state index contributed by atoms with van der Waals surface area (Å²) in [6, 6.07) is 13.3. The van der Waals surface area contributed by atoms with Crippen molar-refractivity contribution in [2.24, 2.45) is 11.5 Å². The van der Waals surface area contributed by atoms with E-state index in [1.54, 1.807) is 54.5 Å². The van der Waals surface area contributed by atoms with Crippen LogP contribution in [0.1, 0.15) is 86.8 Å². The number of anilines is 1. The number of unbranched alkanes of at least 4 members (excludes halogenated alkanes) is 1. The first-order chi connectivity index (χ1) is 30.6. The average molecular weight is 882 g/mol. The van der Waals surface area contributed by atoms with E-state index in [0.717, 1.165) is 16.5 Å². The molecule has 2 aliphatic rings.